The van der Waals surface area contributed by atoms with Crippen molar-refractivity contribution in [2.75, 3.05) is 0 Å². The van der Waals surface area contributed by atoms with Gasteiger partial charge in [0.25, 0.3) is 0 Å². The Morgan fingerprint density at radius 1 is 1.30 bits per heavy atom. The summed E-state index contributed by atoms with van der Waals surface area (Å²) in [5, 5.41) is 21.1. The fraction of sp³-hybridized carbons (Fsp3) is 0.815. The van der Waals surface area contributed by atoms with Gasteiger partial charge in [0.1, 0.15) is 12.2 Å². The standard InChI is InChI=1S/C27H44O6/c1-8-16(2)14-21(28)32-24-23(30)22(29)18(4)31-25(24)33-26(5,6)19-11-13-27(7)12-9-10-17(3)20(27)15-19/h14,18-20,22-25,29-30H,3,8-13,15H2,1-2,4-7H3. The van der Waals surface area contributed by atoms with E-state index in [4.69, 9.17) is 14.2 Å². The fourth-order valence-electron chi connectivity index (χ4n) is 5.94. The topological polar surface area (TPSA) is 85.2 Å². The summed E-state index contributed by atoms with van der Waals surface area (Å²) in [6, 6.07) is 0. The lowest BCUT2D eigenvalue weighted by Gasteiger charge is -2.52. The van der Waals surface area contributed by atoms with Gasteiger partial charge >= 0.3 is 5.97 Å². The maximum atomic E-state index is 12.4. The summed E-state index contributed by atoms with van der Waals surface area (Å²) in [4.78, 5) is 12.4. The molecule has 6 nitrogen and oxygen atoms in total. The Balaban J connectivity index is 1.76. The number of allylic oxidation sites excluding steroid dienone is 2. The summed E-state index contributed by atoms with van der Waals surface area (Å²) in [5.41, 5.74) is 1.98. The average Bonchev–Trinajstić information content (AvgIpc) is 2.74. The molecule has 1 saturated heterocycles. The Labute approximate surface area is 199 Å². The predicted octanol–water partition coefficient (Wildman–Crippen LogP) is 4.68. The minimum Gasteiger partial charge on any atom is -0.451 e. The average molecular weight is 465 g/mol. The van der Waals surface area contributed by atoms with E-state index in [9.17, 15) is 15.0 Å². The Kier molecular flexibility index (Phi) is 8.15. The van der Waals surface area contributed by atoms with Gasteiger partial charge < -0.3 is 24.4 Å². The van der Waals surface area contributed by atoms with Gasteiger partial charge in [0.05, 0.1) is 11.7 Å². The Hall–Kier alpha value is -1.21. The maximum absolute atomic E-state index is 12.4. The summed E-state index contributed by atoms with van der Waals surface area (Å²) in [7, 11) is 0. The van der Waals surface area contributed by atoms with Gasteiger partial charge in [0.15, 0.2) is 12.4 Å². The number of aliphatic hydroxyl groups excluding tert-OH is 2. The number of hydrogen-bond donors (Lipinski definition) is 2. The van der Waals surface area contributed by atoms with E-state index in [1.165, 1.54) is 24.5 Å². The first-order valence-corrected chi connectivity index (χ1v) is 12.6. The van der Waals surface area contributed by atoms with Crippen molar-refractivity contribution in [3.05, 3.63) is 23.8 Å². The van der Waals surface area contributed by atoms with Crippen molar-refractivity contribution in [2.24, 2.45) is 17.3 Å². The number of fused-ring (bicyclic) bond motifs is 1. The number of esters is 1. The molecule has 8 unspecified atom stereocenters. The molecule has 0 radical (unpaired) electrons. The third-order valence-electron chi connectivity index (χ3n) is 8.53. The molecule has 1 heterocycles. The van der Waals surface area contributed by atoms with Crippen LogP contribution in [0.15, 0.2) is 23.8 Å². The van der Waals surface area contributed by atoms with Crippen LogP contribution in [0.5, 0.6) is 0 Å². The van der Waals surface area contributed by atoms with E-state index in [1.807, 2.05) is 13.8 Å². The second kappa shape index (κ2) is 10.2. The summed E-state index contributed by atoms with van der Waals surface area (Å²) in [5.74, 6) is 0.205. The molecular formula is C27H44O6. The second-order valence-electron chi connectivity index (χ2n) is 11.3. The first-order valence-electron chi connectivity index (χ1n) is 12.6. The molecule has 2 saturated carbocycles. The van der Waals surface area contributed by atoms with Crippen molar-refractivity contribution in [3.63, 3.8) is 0 Å². The van der Waals surface area contributed by atoms with Gasteiger partial charge in [-0.2, -0.15) is 0 Å². The quantitative estimate of drug-likeness (QED) is 0.337. The van der Waals surface area contributed by atoms with E-state index >= 15 is 0 Å². The summed E-state index contributed by atoms with van der Waals surface area (Å²) < 4.78 is 18.0. The van der Waals surface area contributed by atoms with E-state index in [2.05, 4.69) is 27.4 Å². The molecule has 0 aromatic rings. The van der Waals surface area contributed by atoms with E-state index in [-0.39, 0.29) is 5.92 Å². The zero-order valence-electron chi connectivity index (χ0n) is 21.3. The number of aliphatic hydroxyl groups is 2. The molecule has 0 spiro atoms. The molecule has 1 aliphatic heterocycles. The SMILES string of the molecule is C=C1CCCC2(C)CCC(C(C)(C)OC3OC(C)C(O)C(O)C3OC(=O)C=C(C)CC)CC12. The molecular weight excluding hydrogens is 420 g/mol. The van der Waals surface area contributed by atoms with Crippen molar-refractivity contribution in [3.8, 4) is 0 Å². The molecule has 3 aliphatic rings. The second-order valence-corrected chi connectivity index (χ2v) is 11.3. The lowest BCUT2D eigenvalue weighted by atomic mass is 9.55. The van der Waals surface area contributed by atoms with Crippen molar-refractivity contribution < 1.29 is 29.2 Å². The van der Waals surface area contributed by atoms with Crippen LogP contribution in [0.1, 0.15) is 86.5 Å². The highest BCUT2D eigenvalue weighted by molar-refractivity contribution is 5.82. The molecule has 33 heavy (non-hydrogen) atoms. The number of rotatable bonds is 6. The monoisotopic (exact) mass is 464 g/mol. The van der Waals surface area contributed by atoms with Crippen LogP contribution in [0, 0.1) is 17.3 Å². The van der Waals surface area contributed by atoms with Gasteiger partial charge in [-0.05, 0) is 89.9 Å². The molecule has 2 N–H and O–H groups in total. The molecule has 2 aliphatic carbocycles. The molecule has 0 bridgehead atoms. The van der Waals surface area contributed by atoms with Crippen LogP contribution >= 0.6 is 0 Å². The normalized spacial score (nSPS) is 40.3. The van der Waals surface area contributed by atoms with E-state index < -0.39 is 42.3 Å². The van der Waals surface area contributed by atoms with Crippen LogP contribution in [-0.4, -0.2) is 52.5 Å². The van der Waals surface area contributed by atoms with Gasteiger partial charge in [0, 0.05) is 6.08 Å². The van der Waals surface area contributed by atoms with Gasteiger partial charge in [-0.25, -0.2) is 4.79 Å². The van der Waals surface area contributed by atoms with Gasteiger partial charge in [0.2, 0.25) is 0 Å². The van der Waals surface area contributed by atoms with E-state index in [0.717, 1.165) is 37.7 Å². The van der Waals surface area contributed by atoms with Crippen LogP contribution in [0.3, 0.4) is 0 Å². The summed E-state index contributed by atoms with van der Waals surface area (Å²) in [6.45, 7) is 16.4. The molecule has 3 fully saturated rings. The zero-order chi connectivity index (χ0) is 24.6. The van der Waals surface area contributed by atoms with Crippen molar-refractivity contribution in [1.82, 2.24) is 0 Å². The minimum atomic E-state index is -1.29. The number of carbonyl (C=O) groups is 1. The summed E-state index contributed by atoms with van der Waals surface area (Å²) in [6.07, 6.45) is 3.74. The third kappa shape index (κ3) is 5.72. The largest absolute Gasteiger partial charge is 0.451 e. The van der Waals surface area contributed by atoms with Crippen molar-refractivity contribution in [1.29, 1.82) is 0 Å². The fourth-order valence-corrected chi connectivity index (χ4v) is 5.94. The molecule has 0 amide bonds. The zero-order valence-corrected chi connectivity index (χ0v) is 21.3. The Morgan fingerprint density at radius 3 is 2.67 bits per heavy atom. The van der Waals surface area contributed by atoms with E-state index in [0.29, 0.717) is 11.3 Å². The van der Waals surface area contributed by atoms with Crippen LogP contribution in [-0.2, 0) is 19.0 Å². The van der Waals surface area contributed by atoms with Crippen LogP contribution in [0.25, 0.3) is 0 Å². The summed E-state index contributed by atoms with van der Waals surface area (Å²) >= 11 is 0. The van der Waals surface area contributed by atoms with E-state index in [1.54, 1.807) is 6.92 Å². The van der Waals surface area contributed by atoms with Crippen molar-refractivity contribution >= 4 is 5.97 Å². The molecule has 0 aromatic carbocycles. The highest BCUT2D eigenvalue weighted by Gasteiger charge is 2.51. The van der Waals surface area contributed by atoms with Crippen LogP contribution in [0.4, 0.5) is 0 Å². The molecule has 3 rings (SSSR count). The maximum Gasteiger partial charge on any atom is 0.331 e. The van der Waals surface area contributed by atoms with Gasteiger partial charge in [-0.15, -0.1) is 0 Å². The molecule has 188 valence electrons. The Morgan fingerprint density at radius 2 is 2.00 bits per heavy atom. The lowest BCUT2D eigenvalue weighted by Crippen LogP contribution is -2.60. The molecule has 0 aromatic heterocycles. The van der Waals surface area contributed by atoms with Crippen LogP contribution in [0.2, 0.25) is 0 Å². The predicted molar refractivity (Wildman–Crippen MR) is 127 cm³/mol. The van der Waals surface area contributed by atoms with Gasteiger partial charge in [-0.3, -0.25) is 0 Å². The highest BCUT2D eigenvalue weighted by atomic mass is 16.7. The van der Waals surface area contributed by atoms with Gasteiger partial charge in [-0.1, -0.05) is 31.6 Å². The first-order chi connectivity index (χ1) is 15.4. The highest BCUT2D eigenvalue weighted by Crippen LogP contribution is 2.55. The molecule has 6 heteroatoms. The number of carbonyl (C=O) groups excluding carboxylic acids is 1. The first kappa shape index (κ1) is 26.4. The number of hydrogen-bond acceptors (Lipinski definition) is 6. The lowest BCUT2D eigenvalue weighted by molar-refractivity contribution is -0.325. The smallest absolute Gasteiger partial charge is 0.331 e. The third-order valence-corrected chi connectivity index (χ3v) is 8.53. The molecule has 8 atom stereocenters. The van der Waals surface area contributed by atoms with Crippen LogP contribution < -0.4 is 0 Å². The Bertz CT molecular complexity index is 758. The minimum absolute atomic E-state index is 0.284. The number of ether oxygens (including phenoxy) is 3. The van der Waals surface area contributed by atoms with Crippen molar-refractivity contribution in [2.45, 2.75) is 123 Å².